The monoisotopic (exact) mass is 252 g/mol. The zero-order chi connectivity index (χ0) is 12.4. The van der Waals surface area contributed by atoms with Crippen LogP contribution in [-0.4, -0.2) is 30.5 Å². The van der Waals surface area contributed by atoms with E-state index in [1.165, 1.54) is 0 Å². The maximum atomic E-state index is 11.3. The summed E-state index contributed by atoms with van der Waals surface area (Å²) in [5.41, 5.74) is 0. The van der Waals surface area contributed by atoms with E-state index in [1.54, 1.807) is 27.2 Å². The molecule has 0 saturated heterocycles. The number of hydrogen-bond acceptors (Lipinski definition) is 4. The fraction of sp³-hybridized carbons (Fsp3) is 0.778. The highest BCUT2D eigenvalue weighted by molar-refractivity contribution is 7.80. The van der Waals surface area contributed by atoms with Crippen LogP contribution in [-0.2, 0) is 9.59 Å². The minimum absolute atomic E-state index is 0.130. The van der Waals surface area contributed by atoms with Crippen molar-refractivity contribution in [1.82, 2.24) is 10.6 Å². The molecule has 15 heavy (non-hydrogen) atoms. The van der Waals surface area contributed by atoms with Crippen LogP contribution < -0.4 is 10.6 Å². The van der Waals surface area contributed by atoms with Gasteiger partial charge < -0.3 is 10.6 Å². The second kappa shape index (κ2) is 10.2. The van der Waals surface area contributed by atoms with E-state index in [9.17, 15) is 9.59 Å². The number of nitrogens with one attached hydrogen (secondary N) is 2. The predicted molar refractivity (Wildman–Crippen MR) is 69.3 cm³/mol. The van der Waals surface area contributed by atoms with Crippen molar-refractivity contribution >= 4 is 37.1 Å². The molecule has 0 aliphatic carbocycles. The summed E-state index contributed by atoms with van der Waals surface area (Å²) >= 11 is 7.54. The first-order valence-corrected chi connectivity index (χ1v) is 6.02. The Morgan fingerprint density at radius 3 is 2.07 bits per heavy atom. The molecule has 6 heteroatoms. The van der Waals surface area contributed by atoms with Crippen molar-refractivity contribution in [2.75, 3.05) is 13.3 Å². The van der Waals surface area contributed by atoms with Gasteiger partial charge in [0.1, 0.15) is 0 Å². The molecule has 2 N–H and O–H groups in total. The molecule has 0 spiro atoms. The molecular weight excluding hydrogens is 232 g/mol. The first-order valence-electron chi connectivity index (χ1n) is 4.61. The largest absolute Gasteiger partial charge is 0.359 e. The van der Waals surface area contributed by atoms with Gasteiger partial charge in [-0.3, -0.25) is 9.59 Å². The number of hydrogen-bond donors (Lipinski definition) is 4. The van der Waals surface area contributed by atoms with E-state index >= 15 is 0 Å². The van der Waals surface area contributed by atoms with Gasteiger partial charge in [-0.15, -0.1) is 0 Å². The molecule has 2 amide bonds. The minimum atomic E-state index is -0.311. The van der Waals surface area contributed by atoms with E-state index in [1.807, 2.05) is 0 Å². The first-order chi connectivity index (χ1) is 6.97. The van der Waals surface area contributed by atoms with Gasteiger partial charge >= 0.3 is 0 Å². The average molecular weight is 252 g/mol. The summed E-state index contributed by atoms with van der Waals surface area (Å²) in [6, 6.07) is 0. The number of amides is 2. The van der Waals surface area contributed by atoms with Gasteiger partial charge in [0, 0.05) is 19.4 Å². The van der Waals surface area contributed by atoms with Crippen molar-refractivity contribution in [1.29, 1.82) is 0 Å². The molecule has 0 aromatic carbocycles. The molecule has 90 valence electrons. The maximum absolute atomic E-state index is 11.3. The van der Waals surface area contributed by atoms with E-state index in [4.69, 9.17) is 0 Å². The molecule has 0 saturated carbocycles. The van der Waals surface area contributed by atoms with Gasteiger partial charge in [-0.25, -0.2) is 0 Å². The quantitative estimate of drug-likeness (QED) is 0.440. The molecule has 0 aromatic heterocycles. The van der Waals surface area contributed by atoms with Crippen molar-refractivity contribution in [2.24, 2.45) is 5.92 Å². The summed E-state index contributed by atoms with van der Waals surface area (Å²) in [4.78, 5) is 22.2. The Hall–Kier alpha value is -0.360. The Balaban J connectivity index is 0. The Labute approximate surface area is 102 Å². The molecule has 0 rings (SSSR count). The van der Waals surface area contributed by atoms with E-state index in [0.717, 1.165) is 0 Å². The molecule has 0 fully saturated rings. The molecule has 4 nitrogen and oxygen atoms in total. The summed E-state index contributed by atoms with van der Waals surface area (Å²) in [5.74, 6) is -0.588. The van der Waals surface area contributed by atoms with Crippen molar-refractivity contribution < 1.29 is 9.59 Å². The van der Waals surface area contributed by atoms with Crippen molar-refractivity contribution in [3.05, 3.63) is 0 Å². The van der Waals surface area contributed by atoms with Crippen LogP contribution in [0, 0.1) is 5.92 Å². The lowest BCUT2D eigenvalue weighted by Gasteiger charge is -2.12. The van der Waals surface area contributed by atoms with Crippen molar-refractivity contribution in [3.8, 4) is 0 Å². The van der Waals surface area contributed by atoms with Gasteiger partial charge in [0.2, 0.25) is 11.8 Å². The fourth-order valence-electron chi connectivity index (χ4n) is 0.821. The van der Waals surface area contributed by atoms with Crippen LogP contribution >= 0.6 is 25.3 Å². The molecule has 0 aliphatic heterocycles. The van der Waals surface area contributed by atoms with Crippen LogP contribution in [0.4, 0.5) is 0 Å². The molecular formula is C9H20N2O2S2. The van der Waals surface area contributed by atoms with Gasteiger partial charge in [0.25, 0.3) is 0 Å². The highest BCUT2D eigenvalue weighted by Gasteiger charge is 2.16. The highest BCUT2D eigenvalue weighted by Crippen LogP contribution is 2.02. The molecule has 0 aromatic rings. The third kappa shape index (κ3) is 9.93. The lowest BCUT2D eigenvalue weighted by Crippen LogP contribution is -2.35. The molecule has 2 atom stereocenters. The summed E-state index contributed by atoms with van der Waals surface area (Å²) in [7, 11) is 1.55. The Kier molecular flexibility index (Phi) is 11.6. The van der Waals surface area contributed by atoms with Gasteiger partial charge in [-0.2, -0.15) is 25.3 Å². The molecule has 2 unspecified atom stereocenters. The van der Waals surface area contributed by atoms with E-state index in [-0.39, 0.29) is 29.5 Å². The van der Waals surface area contributed by atoms with Gasteiger partial charge in [0.15, 0.2) is 0 Å². The second-order valence-electron chi connectivity index (χ2n) is 2.96. The van der Waals surface area contributed by atoms with Gasteiger partial charge in [-0.1, -0.05) is 6.92 Å². The zero-order valence-electron chi connectivity index (χ0n) is 9.57. The molecule has 0 bridgehead atoms. The number of rotatable bonds is 4. The third-order valence-corrected chi connectivity index (χ3v) is 1.70. The second-order valence-corrected chi connectivity index (χ2v) is 3.74. The summed E-state index contributed by atoms with van der Waals surface area (Å²) in [6.07, 6.45) is 1.91. The van der Waals surface area contributed by atoms with E-state index < -0.39 is 0 Å². The number of carbonyl (C=O) groups is 2. The average Bonchev–Trinajstić information content (AvgIpc) is 2.19. The van der Waals surface area contributed by atoms with Crippen molar-refractivity contribution in [3.63, 3.8) is 0 Å². The van der Waals surface area contributed by atoms with Crippen LogP contribution in [0.3, 0.4) is 0 Å². The first kappa shape index (κ1) is 17.0. The predicted octanol–water partition coefficient (Wildman–Crippen LogP) is 0.697. The third-order valence-electron chi connectivity index (χ3n) is 1.57. The highest BCUT2D eigenvalue weighted by atomic mass is 32.1. The SMILES string of the molecule is CNC(=O)CC(C)C(=O)NC(C)S.CS. The van der Waals surface area contributed by atoms with Crippen LogP contribution in [0.2, 0.25) is 0 Å². The Morgan fingerprint density at radius 1 is 1.27 bits per heavy atom. The lowest BCUT2D eigenvalue weighted by atomic mass is 10.1. The van der Waals surface area contributed by atoms with E-state index in [2.05, 4.69) is 35.9 Å². The molecule has 0 heterocycles. The van der Waals surface area contributed by atoms with Crippen LogP contribution in [0.15, 0.2) is 0 Å². The summed E-state index contributed by atoms with van der Waals surface area (Å²) in [6.45, 7) is 3.47. The minimum Gasteiger partial charge on any atom is -0.359 e. The van der Waals surface area contributed by atoms with Crippen LogP contribution in [0.1, 0.15) is 20.3 Å². The van der Waals surface area contributed by atoms with Crippen molar-refractivity contribution in [2.45, 2.75) is 25.6 Å². The Bertz CT molecular complexity index is 199. The Morgan fingerprint density at radius 2 is 1.73 bits per heavy atom. The number of thiol groups is 2. The normalized spacial score (nSPS) is 12.9. The standard InChI is InChI=1S/C8H16N2O2S.CH4S/c1-5(4-7(11)9-3)8(12)10-6(2)13;1-2/h5-6,13H,4H2,1-3H3,(H,9,11)(H,10,12);2H,1H3. The maximum Gasteiger partial charge on any atom is 0.224 e. The molecule has 0 radical (unpaired) electrons. The van der Waals surface area contributed by atoms with Crippen LogP contribution in [0.25, 0.3) is 0 Å². The van der Waals surface area contributed by atoms with E-state index in [0.29, 0.717) is 0 Å². The molecule has 0 aliphatic rings. The summed E-state index contributed by atoms with van der Waals surface area (Å²) in [5, 5.41) is 4.90. The van der Waals surface area contributed by atoms with Crippen LogP contribution in [0.5, 0.6) is 0 Å². The fourth-order valence-corrected chi connectivity index (χ4v) is 0.948. The topological polar surface area (TPSA) is 58.2 Å². The smallest absolute Gasteiger partial charge is 0.224 e. The van der Waals surface area contributed by atoms with Gasteiger partial charge in [-0.05, 0) is 13.2 Å². The zero-order valence-corrected chi connectivity index (χ0v) is 11.4. The summed E-state index contributed by atoms with van der Waals surface area (Å²) < 4.78 is 0. The number of carbonyl (C=O) groups excluding carboxylic acids is 2. The van der Waals surface area contributed by atoms with Gasteiger partial charge in [0.05, 0.1) is 5.37 Å². The lowest BCUT2D eigenvalue weighted by molar-refractivity contribution is -0.129.